The first-order chi connectivity index (χ1) is 14.0. The Morgan fingerprint density at radius 2 is 2.07 bits per heavy atom. The number of ether oxygens (including phenoxy) is 2. The Balaban J connectivity index is 1.43. The number of amides is 1. The molecular weight excluding hydrogens is 378 g/mol. The third-order valence-corrected chi connectivity index (χ3v) is 5.65. The molecule has 4 rings (SSSR count). The molecule has 0 fully saturated rings. The number of carbonyl (C=O) groups excluding carboxylic acids is 1. The highest BCUT2D eigenvalue weighted by molar-refractivity contribution is 5.82. The number of alkyl halides is 2. The van der Waals surface area contributed by atoms with E-state index in [9.17, 15) is 13.6 Å². The topological polar surface area (TPSA) is 50.8 Å². The van der Waals surface area contributed by atoms with E-state index in [1.165, 1.54) is 0 Å². The highest BCUT2D eigenvalue weighted by Crippen LogP contribution is 2.32. The van der Waals surface area contributed by atoms with Gasteiger partial charge in [0.15, 0.2) is 0 Å². The van der Waals surface area contributed by atoms with Crippen LogP contribution in [0.4, 0.5) is 8.78 Å². The summed E-state index contributed by atoms with van der Waals surface area (Å²) in [7, 11) is 0. The fourth-order valence-corrected chi connectivity index (χ4v) is 4.01. The monoisotopic (exact) mass is 402 g/mol. The SMILES string of the molecule is C[C@@H](C(=O)N[C@H]1CCOc2ccccc21)N1CCc2ccc(OC(F)F)cc2C1. The molecule has 2 atom stereocenters. The Labute approximate surface area is 168 Å². The minimum atomic E-state index is -2.85. The van der Waals surface area contributed by atoms with E-state index in [1.54, 1.807) is 12.1 Å². The lowest BCUT2D eigenvalue weighted by Crippen LogP contribution is -2.48. The van der Waals surface area contributed by atoms with Crippen LogP contribution < -0.4 is 14.8 Å². The molecule has 0 spiro atoms. The molecule has 29 heavy (non-hydrogen) atoms. The molecule has 0 aromatic heterocycles. The van der Waals surface area contributed by atoms with Crippen LogP contribution in [0.25, 0.3) is 0 Å². The number of rotatable bonds is 5. The summed E-state index contributed by atoms with van der Waals surface area (Å²) in [6.45, 7) is 0.862. The summed E-state index contributed by atoms with van der Waals surface area (Å²) in [6.07, 6.45) is 1.49. The Morgan fingerprint density at radius 3 is 2.90 bits per heavy atom. The van der Waals surface area contributed by atoms with E-state index in [-0.39, 0.29) is 23.7 Å². The zero-order valence-electron chi connectivity index (χ0n) is 16.2. The Bertz CT molecular complexity index is 890. The Morgan fingerprint density at radius 1 is 1.24 bits per heavy atom. The van der Waals surface area contributed by atoms with Gasteiger partial charge >= 0.3 is 6.61 Å². The van der Waals surface area contributed by atoms with Gasteiger partial charge in [-0.1, -0.05) is 24.3 Å². The highest BCUT2D eigenvalue weighted by Gasteiger charge is 2.29. The van der Waals surface area contributed by atoms with Crippen molar-refractivity contribution in [3.63, 3.8) is 0 Å². The lowest BCUT2D eigenvalue weighted by Gasteiger charge is -2.34. The summed E-state index contributed by atoms with van der Waals surface area (Å²) in [5, 5.41) is 3.15. The zero-order chi connectivity index (χ0) is 20.4. The number of hydrogen-bond acceptors (Lipinski definition) is 4. The van der Waals surface area contributed by atoms with Crippen molar-refractivity contribution < 1.29 is 23.0 Å². The number of halogens is 2. The van der Waals surface area contributed by atoms with Crippen LogP contribution in [0.5, 0.6) is 11.5 Å². The maximum absolute atomic E-state index is 12.9. The van der Waals surface area contributed by atoms with Gasteiger partial charge in [-0.05, 0) is 42.7 Å². The van der Waals surface area contributed by atoms with Crippen LogP contribution in [-0.2, 0) is 17.8 Å². The third-order valence-electron chi connectivity index (χ3n) is 5.65. The molecule has 7 heteroatoms. The van der Waals surface area contributed by atoms with Gasteiger partial charge in [-0.2, -0.15) is 8.78 Å². The molecule has 0 saturated heterocycles. The largest absolute Gasteiger partial charge is 0.493 e. The van der Waals surface area contributed by atoms with Gasteiger partial charge in [-0.25, -0.2) is 0 Å². The summed E-state index contributed by atoms with van der Waals surface area (Å²) in [5.74, 6) is 0.918. The van der Waals surface area contributed by atoms with E-state index in [2.05, 4.69) is 15.0 Å². The summed E-state index contributed by atoms with van der Waals surface area (Å²) in [5.41, 5.74) is 3.02. The smallest absolute Gasteiger partial charge is 0.387 e. The lowest BCUT2D eigenvalue weighted by atomic mass is 9.97. The predicted octanol–water partition coefficient (Wildman–Crippen LogP) is 3.67. The van der Waals surface area contributed by atoms with Crippen LogP contribution in [0, 0.1) is 0 Å². The van der Waals surface area contributed by atoms with Crippen LogP contribution in [0.15, 0.2) is 42.5 Å². The first kappa shape index (κ1) is 19.6. The van der Waals surface area contributed by atoms with Crippen molar-refractivity contribution in [1.29, 1.82) is 0 Å². The number of carbonyl (C=O) groups is 1. The molecule has 2 aromatic rings. The fourth-order valence-electron chi connectivity index (χ4n) is 4.01. The molecule has 1 amide bonds. The van der Waals surface area contributed by atoms with E-state index < -0.39 is 6.61 Å². The zero-order valence-corrected chi connectivity index (χ0v) is 16.2. The average Bonchev–Trinajstić information content (AvgIpc) is 2.72. The van der Waals surface area contributed by atoms with Crippen molar-refractivity contribution in [2.75, 3.05) is 13.2 Å². The molecule has 2 aliphatic heterocycles. The van der Waals surface area contributed by atoms with Gasteiger partial charge < -0.3 is 14.8 Å². The van der Waals surface area contributed by atoms with E-state index in [0.717, 1.165) is 41.8 Å². The minimum absolute atomic E-state index is 0.0462. The summed E-state index contributed by atoms with van der Waals surface area (Å²) >= 11 is 0. The van der Waals surface area contributed by atoms with Crippen LogP contribution in [0.3, 0.4) is 0 Å². The molecule has 2 aliphatic rings. The maximum Gasteiger partial charge on any atom is 0.387 e. The number of fused-ring (bicyclic) bond motifs is 2. The van der Waals surface area contributed by atoms with Crippen LogP contribution in [0.2, 0.25) is 0 Å². The summed E-state index contributed by atoms with van der Waals surface area (Å²) in [4.78, 5) is 15.0. The Kier molecular flexibility index (Phi) is 5.67. The quantitative estimate of drug-likeness (QED) is 0.829. The van der Waals surface area contributed by atoms with Crippen molar-refractivity contribution in [3.05, 3.63) is 59.2 Å². The first-order valence-corrected chi connectivity index (χ1v) is 9.84. The highest BCUT2D eigenvalue weighted by atomic mass is 19.3. The molecule has 0 radical (unpaired) electrons. The summed E-state index contributed by atoms with van der Waals surface area (Å²) in [6, 6.07) is 12.4. The van der Waals surface area contributed by atoms with Crippen LogP contribution >= 0.6 is 0 Å². The van der Waals surface area contributed by atoms with Crippen molar-refractivity contribution in [2.45, 2.75) is 45.0 Å². The number of nitrogens with one attached hydrogen (secondary N) is 1. The van der Waals surface area contributed by atoms with Crippen molar-refractivity contribution in [2.24, 2.45) is 0 Å². The van der Waals surface area contributed by atoms with Gasteiger partial charge in [0.1, 0.15) is 11.5 Å². The van der Waals surface area contributed by atoms with Crippen LogP contribution in [-0.4, -0.2) is 36.6 Å². The van der Waals surface area contributed by atoms with Gasteiger partial charge in [0.05, 0.1) is 18.7 Å². The summed E-state index contributed by atoms with van der Waals surface area (Å²) < 4.78 is 35.2. The second kappa shape index (κ2) is 8.37. The number of hydrogen-bond donors (Lipinski definition) is 1. The van der Waals surface area contributed by atoms with Crippen molar-refractivity contribution in [1.82, 2.24) is 10.2 Å². The second-order valence-electron chi connectivity index (χ2n) is 7.44. The van der Waals surface area contributed by atoms with E-state index in [4.69, 9.17) is 4.74 Å². The second-order valence-corrected chi connectivity index (χ2v) is 7.44. The van der Waals surface area contributed by atoms with Gasteiger partial charge in [0, 0.05) is 25.1 Å². The molecular formula is C22H24F2N2O3. The molecule has 2 heterocycles. The normalized spacial score (nSPS) is 19.7. The maximum atomic E-state index is 12.9. The number of para-hydroxylation sites is 1. The standard InChI is InChI=1S/C22H24F2N2O3/c1-14(21(27)25-19-9-11-28-20-5-3-2-4-18(19)20)26-10-8-15-6-7-17(29-22(23)24)12-16(15)13-26/h2-7,12,14,19,22H,8-11,13H2,1H3,(H,25,27)/t14-,19-/m0/s1. The lowest BCUT2D eigenvalue weighted by molar-refractivity contribution is -0.127. The minimum Gasteiger partial charge on any atom is -0.493 e. The van der Waals surface area contributed by atoms with Crippen molar-refractivity contribution in [3.8, 4) is 11.5 Å². The third kappa shape index (κ3) is 4.34. The number of benzene rings is 2. The molecule has 0 saturated carbocycles. The molecule has 2 aromatic carbocycles. The molecule has 0 aliphatic carbocycles. The van der Waals surface area contributed by atoms with Crippen molar-refractivity contribution >= 4 is 5.91 Å². The van der Waals surface area contributed by atoms with Gasteiger partial charge in [-0.3, -0.25) is 9.69 Å². The van der Waals surface area contributed by atoms with Gasteiger partial charge in [-0.15, -0.1) is 0 Å². The molecule has 154 valence electrons. The van der Waals surface area contributed by atoms with Crippen LogP contribution in [0.1, 0.15) is 36.1 Å². The Hall–Kier alpha value is -2.67. The molecule has 1 N–H and O–H groups in total. The van der Waals surface area contributed by atoms with E-state index >= 15 is 0 Å². The van der Waals surface area contributed by atoms with Gasteiger partial charge in [0.2, 0.25) is 5.91 Å². The van der Waals surface area contributed by atoms with E-state index in [1.807, 2.05) is 37.3 Å². The molecule has 5 nitrogen and oxygen atoms in total. The average molecular weight is 402 g/mol. The number of nitrogens with zero attached hydrogens (tertiary/aromatic N) is 1. The van der Waals surface area contributed by atoms with E-state index in [0.29, 0.717) is 13.2 Å². The van der Waals surface area contributed by atoms with Gasteiger partial charge in [0.25, 0.3) is 0 Å². The molecule has 0 bridgehead atoms. The predicted molar refractivity (Wildman–Crippen MR) is 104 cm³/mol. The molecule has 0 unspecified atom stereocenters. The fraction of sp³-hybridized carbons (Fsp3) is 0.409. The first-order valence-electron chi connectivity index (χ1n) is 9.84.